The third-order valence-corrected chi connectivity index (χ3v) is 5.58. The van der Waals surface area contributed by atoms with Crippen LogP contribution in [0.15, 0.2) is 33.9 Å². The molecule has 0 saturated carbocycles. The SMILES string of the molecule is CCCCCn1c(=O)n(CCCCC(=O)NCc2cccc(C#N)c2)c(=O)c2[nH]c(Cl)nc21. The monoisotopic (exact) mass is 470 g/mol. The van der Waals surface area contributed by atoms with Crippen LogP contribution in [0.1, 0.15) is 56.6 Å². The summed E-state index contributed by atoms with van der Waals surface area (Å²) in [6.45, 7) is 3.08. The summed E-state index contributed by atoms with van der Waals surface area (Å²) in [5.74, 6) is -0.127. The van der Waals surface area contributed by atoms with E-state index in [9.17, 15) is 14.4 Å². The van der Waals surface area contributed by atoms with Gasteiger partial charge >= 0.3 is 5.69 Å². The zero-order chi connectivity index (χ0) is 23.8. The number of carbonyl (C=O) groups is 1. The van der Waals surface area contributed by atoms with E-state index in [2.05, 4.69) is 28.3 Å². The van der Waals surface area contributed by atoms with Gasteiger partial charge in [0.1, 0.15) is 0 Å². The number of aromatic nitrogens is 4. The predicted octanol–water partition coefficient (Wildman–Crippen LogP) is 3.09. The molecule has 9 nitrogen and oxygen atoms in total. The number of amides is 1. The molecule has 3 aromatic rings. The molecule has 2 N–H and O–H groups in total. The summed E-state index contributed by atoms with van der Waals surface area (Å²) in [6, 6.07) is 9.13. The van der Waals surface area contributed by atoms with E-state index in [1.54, 1.807) is 18.2 Å². The number of carbonyl (C=O) groups excluding carboxylic acids is 1. The molecule has 0 unspecified atom stereocenters. The number of imidazole rings is 1. The summed E-state index contributed by atoms with van der Waals surface area (Å²) in [5.41, 5.74) is 1.03. The van der Waals surface area contributed by atoms with Gasteiger partial charge in [0, 0.05) is 26.1 Å². The Labute approximate surface area is 196 Å². The second kappa shape index (κ2) is 11.5. The van der Waals surface area contributed by atoms with Crippen molar-refractivity contribution in [2.45, 2.75) is 65.1 Å². The molecule has 3 rings (SSSR count). The van der Waals surface area contributed by atoms with Crippen LogP contribution in [0, 0.1) is 11.3 Å². The largest absolute Gasteiger partial charge is 0.352 e. The zero-order valence-corrected chi connectivity index (χ0v) is 19.3. The van der Waals surface area contributed by atoms with Crippen LogP contribution in [-0.2, 0) is 24.4 Å². The van der Waals surface area contributed by atoms with Crippen LogP contribution in [0.25, 0.3) is 11.2 Å². The van der Waals surface area contributed by atoms with E-state index >= 15 is 0 Å². The number of nitriles is 1. The molecule has 0 saturated heterocycles. The number of rotatable bonds is 11. The fourth-order valence-electron chi connectivity index (χ4n) is 3.65. The Hall–Kier alpha value is -3.38. The number of fused-ring (bicyclic) bond motifs is 1. The number of hydrogen-bond donors (Lipinski definition) is 2. The molecule has 0 bridgehead atoms. The molecule has 0 aliphatic rings. The summed E-state index contributed by atoms with van der Waals surface area (Å²) in [4.78, 5) is 44.8. The topological polar surface area (TPSA) is 126 Å². The molecule has 0 aliphatic heterocycles. The van der Waals surface area contributed by atoms with Gasteiger partial charge in [0.2, 0.25) is 11.2 Å². The molecule has 0 aliphatic carbocycles. The number of nitrogens with zero attached hydrogens (tertiary/aromatic N) is 4. The third-order valence-electron chi connectivity index (χ3n) is 5.40. The lowest BCUT2D eigenvalue weighted by Gasteiger charge is -2.11. The molecular formula is C23H27ClN6O3. The van der Waals surface area contributed by atoms with Crippen LogP contribution in [0.2, 0.25) is 5.28 Å². The van der Waals surface area contributed by atoms with Crippen molar-refractivity contribution in [3.05, 3.63) is 61.5 Å². The highest BCUT2D eigenvalue weighted by atomic mass is 35.5. The van der Waals surface area contributed by atoms with Crippen LogP contribution < -0.4 is 16.6 Å². The van der Waals surface area contributed by atoms with Gasteiger partial charge in [-0.15, -0.1) is 0 Å². The Kier molecular flexibility index (Phi) is 8.44. The summed E-state index contributed by atoms with van der Waals surface area (Å²) >= 11 is 5.96. The molecule has 174 valence electrons. The van der Waals surface area contributed by atoms with E-state index in [1.807, 2.05) is 6.07 Å². The van der Waals surface area contributed by atoms with Gasteiger partial charge in [-0.1, -0.05) is 31.9 Å². The Morgan fingerprint density at radius 3 is 2.70 bits per heavy atom. The van der Waals surface area contributed by atoms with Gasteiger partial charge < -0.3 is 10.3 Å². The second-order valence-corrected chi connectivity index (χ2v) is 8.23. The average Bonchev–Trinajstić information content (AvgIpc) is 3.21. The lowest BCUT2D eigenvalue weighted by molar-refractivity contribution is -0.121. The number of unbranched alkanes of at least 4 members (excludes halogenated alkanes) is 3. The quantitative estimate of drug-likeness (QED) is 0.329. The first-order chi connectivity index (χ1) is 15.9. The average molecular weight is 471 g/mol. The molecule has 0 fully saturated rings. The second-order valence-electron chi connectivity index (χ2n) is 7.87. The molecule has 10 heteroatoms. The summed E-state index contributed by atoms with van der Waals surface area (Å²) in [6.07, 6.45) is 4.05. The Balaban J connectivity index is 1.60. The summed E-state index contributed by atoms with van der Waals surface area (Å²) in [5, 5.41) is 11.8. The lowest BCUT2D eigenvalue weighted by Crippen LogP contribution is -2.40. The van der Waals surface area contributed by atoms with Gasteiger partial charge in [-0.3, -0.25) is 18.7 Å². The van der Waals surface area contributed by atoms with Gasteiger partial charge in [0.15, 0.2) is 11.2 Å². The molecular weight excluding hydrogens is 444 g/mol. The number of benzene rings is 1. The molecule has 1 amide bonds. The Morgan fingerprint density at radius 1 is 1.18 bits per heavy atom. The van der Waals surface area contributed by atoms with Crippen molar-refractivity contribution >= 4 is 28.7 Å². The Morgan fingerprint density at radius 2 is 1.94 bits per heavy atom. The number of halogens is 1. The molecule has 1 aromatic carbocycles. The first kappa shape index (κ1) is 24.3. The number of hydrogen-bond acceptors (Lipinski definition) is 5. The summed E-state index contributed by atoms with van der Waals surface area (Å²) in [7, 11) is 0. The minimum absolute atomic E-state index is 0.0699. The van der Waals surface area contributed by atoms with Crippen molar-refractivity contribution in [1.82, 2.24) is 24.4 Å². The van der Waals surface area contributed by atoms with Gasteiger partial charge in [0.05, 0.1) is 11.6 Å². The minimum atomic E-state index is -0.456. The van der Waals surface area contributed by atoms with Gasteiger partial charge in [0.25, 0.3) is 5.56 Å². The van der Waals surface area contributed by atoms with Crippen molar-refractivity contribution in [3.8, 4) is 6.07 Å². The Bertz CT molecular complexity index is 1280. The van der Waals surface area contributed by atoms with E-state index in [0.717, 1.165) is 24.8 Å². The highest BCUT2D eigenvalue weighted by Crippen LogP contribution is 2.11. The van der Waals surface area contributed by atoms with Crippen molar-refractivity contribution in [2.24, 2.45) is 0 Å². The highest BCUT2D eigenvalue weighted by molar-refractivity contribution is 6.28. The normalized spacial score (nSPS) is 10.9. The number of aromatic amines is 1. The van der Waals surface area contributed by atoms with Gasteiger partial charge in [-0.25, -0.2) is 4.79 Å². The molecule has 0 atom stereocenters. The standard InChI is InChI=1S/C23H27ClN6O3/c1-2-3-5-11-29-20-19(27-22(24)28-20)21(32)30(23(29)33)12-6-4-10-18(31)26-15-17-9-7-8-16(13-17)14-25/h7-9,13H,2-6,10-12,15H2,1H3,(H,26,31)(H,27,28). The molecule has 33 heavy (non-hydrogen) atoms. The van der Waals surface area contributed by atoms with E-state index in [-0.39, 0.29) is 35.3 Å². The van der Waals surface area contributed by atoms with Crippen LogP contribution in [-0.4, -0.2) is 25.0 Å². The molecule has 0 spiro atoms. The maximum atomic E-state index is 13.0. The van der Waals surface area contributed by atoms with Crippen molar-refractivity contribution in [1.29, 1.82) is 5.26 Å². The molecule has 2 heterocycles. The van der Waals surface area contributed by atoms with Crippen molar-refractivity contribution < 1.29 is 4.79 Å². The van der Waals surface area contributed by atoms with Crippen molar-refractivity contribution in [3.63, 3.8) is 0 Å². The van der Waals surface area contributed by atoms with Gasteiger partial charge in [-0.05, 0) is 48.6 Å². The molecule has 2 aromatic heterocycles. The first-order valence-electron chi connectivity index (χ1n) is 11.1. The van der Waals surface area contributed by atoms with Crippen LogP contribution in [0.3, 0.4) is 0 Å². The van der Waals surface area contributed by atoms with E-state index < -0.39 is 11.2 Å². The fraction of sp³-hybridized carbons (Fsp3) is 0.435. The lowest BCUT2D eigenvalue weighted by atomic mass is 10.1. The van der Waals surface area contributed by atoms with Crippen LogP contribution in [0.5, 0.6) is 0 Å². The summed E-state index contributed by atoms with van der Waals surface area (Å²) < 4.78 is 2.69. The third kappa shape index (κ3) is 6.11. The number of H-pyrrole nitrogens is 1. The number of nitrogens with one attached hydrogen (secondary N) is 2. The minimum Gasteiger partial charge on any atom is -0.352 e. The van der Waals surface area contributed by atoms with Crippen molar-refractivity contribution in [2.75, 3.05) is 0 Å². The first-order valence-corrected chi connectivity index (χ1v) is 11.5. The van der Waals surface area contributed by atoms with Crippen LogP contribution >= 0.6 is 11.6 Å². The van der Waals surface area contributed by atoms with Gasteiger partial charge in [-0.2, -0.15) is 10.2 Å². The van der Waals surface area contributed by atoms with E-state index in [4.69, 9.17) is 16.9 Å². The fourth-order valence-corrected chi connectivity index (χ4v) is 3.83. The predicted molar refractivity (Wildman–Crippen MR) is 126 cm³/mol. The van der Waals surface area contributed by atoms with E-state index in [1.165, 1.54) is 9.13 Å². The maximum Gasteiger partial charge on any atom is 0.332 e. The van der Waals surface area contributed by atoms with E-state index in [0.29, 0.717) is 31.5 Å². The zero-order valence-electron chi connectivity index (χ0n) is 18.6. The number of aryl methyl sites for hydroxylation is 1. The molecule has 0 radical (unpaired) electrons. The maximum absolute atomic E-state index is 13.0. The smallest absolute Gasteiger partial charge is 0.332 e. The van der Waals surface area contributed by atoms with Crippen LogP contribution in [0.4, 0.5) is 0 Å². The highest BCUT2D eigenvalue weighted by Gasteiger charge is 2.16.